The summed E-state index contributed by atoms with van der Waals surface area (Å²) in [5.74, 6) is 0.539. The molecule has 5 nitrogen and oxygen atoms in total. The SMILES string of the molecule is On1ccc(OCc2c(Cl)cccc2OCF)n1. The molecule has 0 saturated heterocycles. The molecule has 1 aromatic carbocycles. The van der Waals surface area contributed by atoms with Gasteiger partial charge in [-0.15, -0.1) is 4.85 Å². The van der Waals surface area contributed by atoms with Crippen molar-refractivity contribution < 1.29 is 19.1 Å². The molecular formula is C11H10ClFN2O3. The lowest BCUT2D eigenvalue weighted by atomic mass is 10.2. The highest BCUT2D eigenvalue weighted by atomic mass is 35.5. The molecule has 7 heteroatoms. The van der Waals surface area contributed by atoms with Gasteiger partial charge in [0.2, 0.25) is 12.7 Å². The highest BCUT2D eigenvalue weighted by Gasteiger charge is 2.10. The Kier molecular flexibility index (Phi) is 3.88. The van der Waals surface area contributed by atoms with Crippen molar-refractivity contribution in [2.75, 3.05) is 6.86 Å². The second-order valence-electron chi connectivity index (χ2n) is 3.33. The first-order valence-corrected chi connectivity index (χ1v) is 5.42. The van der Waals surface area contributed by atoms with Crippen molar-refractivity contribution in [3.05, 3.63) is 41.0 Å². The van der Waals surface area contributed by atoms with E-state index in [9.17, 15) is 4.39 Å². The van der Waals surface area contributed by atoms with Crippen LogP contribution in [0, 0.1) is 0 Å². The normalized spacial score (nSPS) is 10.3. The van der Waals surface area contributed by atoms with E-state index in [0.29, 0.717) is 21.2 Å². The van der Waals surface area contributed by atoms with Crippen molar-refractivity contribution in [2.24, 2.45) is 0 Å². The highest BCUT2D eigenvalue weighted by molar-refractivity contribution is 6.31. The predicted molar refractivity (Wildman–Crippen MR) is 61.8 cm³/mol. The van der Waals surface area contributed by atoms with Gasteiger partial charge < -0.3 is 14.7 Å². The molecule has 0 unspecified atom stereocenters. The van der Waals surface area contributed by atoms with Gasteiger partial charge in [0.1, 0.15) is 12.4 Å². The quantitative estimate of drug-likeness (QED) is 0.850. The van der Waals surface area contributed by atoms with Gasteiger partial charge >= 0.3 is 0 Å². The maximum Gasteiger partial charge on any atom is 0.236 e. The Bertz CT molecular complexity index is 533. The van der Waals surface area contributed by atoms with Crippen LogP contribution in [0.25, 0.3) is 0 Å². The van der Waals surface area contributed by atoms with Gasteiger partial charge in [-0.3, -0.25) is 0 Å². The van der Waals surface area contributed by atoms with E-state index in [1.165, 1.54) is 12.3 Å². The number of benzene rings is 1. The summed E-state index contributed by atoms with van der Waals surface area (Å²) in [5, 5.41) is 13.0. The fraction of sp³-hybridized carbons (Fsp3) is 0.182. The van der Waals surface area contributed by atoms with E-state index in [-0.39, 0.29) is 12.5 Å². The van der Waals surface area contributed by atoms with Gasteiger partial charge in [0, 0.05) is 6.07 Å². The van der Waals surface area contributed by atoms with Crippen LogP contribution in [0.2, 0.25) is 5.02 Å². The van der Waals surface area contributed by atoms with Gasteiger partial charge in [-0.1, -0.05) is 22.8 Å². The molecule has 1 N–H and O–H groups in total. The van der Waals surface area contributed by atoms with E-state index < -0.39 is 6.86 Å². The second-order valence-corrected chi connectivity index (χ2v) is 3.74. The topological polar surface area (TPSA) is 56.5 Å². The fourth-order valence-corrected chi connectivity index (χ4v) is 1.61. The van der Waals surface area contributed by atoms with Crippen LogP contribution in [-0.4, -0.2) is 22.0 Å². The lowest BCUT2D eigenvalue weighted by Gasteiger charge is -2.10. The molecule has 0 aliphatic rings. The van der Waals surface area contributed by atoms with Crippen LogP contribution < -0.4 is 9.47 Å². The summed E-state index contributed by atoms with van der Waals surface area (Å²) in [4.78, 5) is 0.626. The Morgan fingerprint density at radius 3 is 2.83 bits per heavy atom. The van der Waals surface area contributed by atoms with Crippen LogP contribution in [0.5, 0.6) is 11.6 Å². The van der Waals surface area contributed by atoms with Gasteiger partial charge in [0.05, 0.1) is 16.8 Å². The Balaban J connectivity index is 2.12. The molecule has 2 rings (SSSR count). The molecule has 0 aliphatic heterocycles. The smallest absolute Gasteiger partial charge is 0.236 e. The number of alkyl halides is 1. The van der Waals surface area contributed by atoms with Crippen molar-refractivity contribution in [1.82, 2.24) is 9.94 Å². The van der Waals surface area contributed by atoms with Gasteiger partial charge in [-0.25, -0.2) is 4.39 Å². The molecule has 96 valence electrons. The Morgan fingerprint density at radius 1 is 1.33 bits per heavy atom. The summed E-state index contributed by atoms with van der Waals surface area (Å²) in [5.41, 5.74) is 0.518. The van der Waals surface area contributed by atoms with E-state index in [2.05, 4.69) is 5.10 Å². The first-order chi connectivity index (χ1) is 8.70. The molecule has 18 heavy (non-hydrogen) atoms. The number of halogens is 2. The number of rotatable bonds is 5. The zero-order valence-corrected chi connectivity index (χ0v) is 9.97. The minimum absolute atomic E-state index is 0.0615. The maximum atomic E-state index is 12.2. The number of hydrogen-bond donors (Lipinski definition) is 1. The summed E-state index contributed by atoms with van der Waals surface area (Å²) in [6.07, 6.45) is 1.32. The molecule has 2 aromatic rings. The van der Waals surface area contributed by atoms with Gasteiger partial charge in [-0.2, -0.15) is 0 Å². The first-order valence-electron chi connectivity index (χ1n) is 5.04. The average molecular weight is 273 g/mol. The molecule has 0 spiro atoms. The summed E-state index contributed by atoms with van der Waals surface area (Å²) >= 11 is 5.98. The third kappa shape index (κ3) is 2.84. The third-order valence-corrected chi connectivity index (χ3v) is 2.56. The average Bonchev–Trinajstić information content (AvgIpc) is 2.75. The van der Waals surface area contributed by atoms with E-state index >= 15 is 0 Å². The lowest BCUT2D eigenvalue weighted by Crippen LogP contribution is -2.02. The summed E-state index contributed by atoms with van der Waals surface area (Å²) < 4.78 is 22.3. The van der Waals surface area contributed by atoms with Gasteiger partial charge in [-0.05, 0) is 12.1 Å². The first kappa shape index (κ1) is 12.5. The molecule has 1 heterocycles. The molecule has 0 fully saturated rings. The molecule has 0 amide bonds. The molecule has 0 radical (unpaired) electrons. The molecule has 1 aromatic heterocycles. The molecule has 0 bridgehead atoms. The lowest BCUT2D eigenvalue weighted by molar-refractivity contribution is 0.140. The summed E-state index contributed by atoms with van der Waals surface area (Å²) in [6, 6.07) is 6.37. The van der Waals surface area contributed by atoms with Crippen LogP contribution in [-0.2, 0) is 6.61 Å². The third-order valence-electron chi connectivity index (χ3n) is 2.20. The standard InChI is InChI=1S/C11H10ClFN2O3/c12-9-2-1-3-10(18-7-13)8(9)6-17-11-4-5-15(16)14-11/h1-5,16H,6-7H2. The fourth-order valence-electron chi connectivity index (χ4n) is 1.39. The van der Waals surface area contributed by atoms with Crippen LogP contribution in [0.3, 0.4) is 0 Å². The van der Waals surface area contributed by atoms with Crippen molar-refractivity contribution in [1.29, 1.82) is 0 Å². The number of nitrogens with zero attached hydrogens (tertiary/aromatic N) is 2. The highest BCUT2D eigenvalue weighted by Crippen LogP contribution is 2.27. The minimum atomic E-state index is -0.946. The number of aromatic nitrogens is 2. The van der Waals surface area contributed by atoms with Crippen molar-refractivity contribution in [2.45, 2.75) is 6.61 Å². The number of ether oxygens (including phenoxy) is 2. The molecular weight excluding hydrogens is 263 g/mol. The van der Waals surface area contributed by atoms with Crippen LogP contribution in [0.4, 0.5) is 4.39 Å². The molecule has 0 atom stereocenters. The Hall–Kier alpha value is -1.95. The van der Waals surface area contributed by atoms with E-state index in [1.54, 1.807) is 18.2 Å². The molecule has 0 saturated carbocycles. The van der Waals surface area contributed by atoms with Gasteiger partial charge in [0.25, 0.3) is 0 Å². The number of hydrogen-bond acceptors (Lipinski definition) is 4. The summed E-state index contributed by atoms with van der Waals surface area (Å²) in [6.45, 7) is -0.884. The van der Waals surface area contributed by atoms with Gasteiger partial charge in [0.15, 0.2) is 0 Å². The minimum Gasteiger partial charge on any atom is -0.471 e. The van der Waals surface area contributed by atoms with E-state index in [4.69, 9.17) is 26.3 Å². The Labute approximate surface area is 107 Å². The van der Waals surface area contributed by atoms with E-state index in [0.717, 1.165) is 0 Å². The Morgan fingerprint density at radius 2 is 2.17 bits per heavy atom. The predicted octanol–water partition coefficient (Wildman–Crippen LogP) is 2.66. The largest absolute Gasteiger partial charge is 0.471 e. The van der Waals surface area contributed by atoms with Crippen LogP contribution in [0.1, 0.15) is 5.56 Å². The van der Waals surface area contributed by atoms with Crippen molar-refractivity contribution in [3.63, 3.8) is 0 Å². The monoisotopic (exact) mass is 272 g/mol. The van der Waals surface area contributed by atoms with E-state index in [1.807, 2.05) is 0 Å². The molecule has 0 aliphatic carbocycles. The van der Waals surface area contributed by atoms with Crippen molar-refractivity contribution >= 4 is 11.6 Å². The zero-order valence-electron chi connectivity index (χ0n) is 9.22. The van der Waals surface area contributed by atoms with Crippen LogP contribution in [0.15, 0.2) is 30.5 Å². The van der Waals surface area contributed by atoms with Crippen molar-refractivity contribution in [3.8, 4) is 11.6 Å². The second kappa shape index (κ2) is 5.59. The van der Waals surface area contributed by atoms with Crippen LogP contribution >= 0.6 is 11.6 Å². The summed E-state index contributed by atoms with van der Waals surface area (Å²) in [7, 11) is 0. The maximum absolute atomic E-state index is 12.2. The zero-order chi connectivity index (χ0) is 13.0.